The third kappa shape index (κ3) is 3.83. The molecular weight excluding hydrogens is 334 g/mol. The quantitative estimate of drug-likeness (QED) is 0.528. The maximum atomic E-state index is 12.2. The fourth-order valence-electron chi connectivity index (χ4n) is 2.60. The third-order valence-electron chi connectivity index (χ3n) is 3.79. The molecule has 0 aromatic heterocycles. The molecule has 0 heterocycles. The number of thioether (sulfide) groups is 1. The Labute approximate surface area is 150 Å². The summed E-state index contributed by atoms with van der Waals surface area (Å²) in [6.45, 7) is -0.165. The lowest BCUT2D eigenvalue weighted by atomic mass is 10.0. The van der Waals surface area contributed by atoms with E-state index in [1.54, 1.807) is 17.8 Å². The Kier molecular flexibility index (Phi) is 5.36. The van der Waals surface area contributed by atoms with E-state index in [9.17, 15) is 9.59 Å². The van der Waals surface area contributed by atoms with Gasteiger partial charge in [-0.2, -0.15) is 0 Å². The molecule has 0 saturated carbocycles. The minimum absolute atomic E-state index is 0.165. The highest BCUT2D eigenvalue weighted by atomic mass is 32.2. The number of carbonyl (C=O) groups is 2. The van der Waals surface area contributed by atoms with Crippen LogP contribution in [0.5, 0.6) is 5.75 Å². The van der Waals surface area contributed by atoms with Crippen LogP contribution in [-0.2, 0) is 4.79 Å². The zero-order valence-corrected chi connectivity index (χ0v) is 14.5. The lowest BCUT2D eigenvalue weighted by Gasteiger charge is -2.12. The molecular formula is C20H17NO3S. The smallest absolute Gasteiger partial charge is 0.262 e. The summed E-state index contributed by atoms with van der Waals surface area (Å²) in [6.07, 6.45) is 2.71. The normalized spacial score (nSPS) is 10.4. The SMILES string of the molecule is CSc1ccccc1NC(=O)COc1ccc2ccccc2c1C=O. The van der Waals surface area contributed by atoms with Crippen LogP contribution in [0.3, 0.4) is 0 Å². The molecule has 0 aliphatic carbocycles. The highest BCUT2D eigenvalue weighted by Crippen LogP contribution is 2.27. The first-order valence-electron chi connectivity index (χ1n) is 7.75. The van der Waals surface area contributed by atoms with Gasteiger partial charge in [0.25, 0.3) is 5.91 Å². The van der Waals surface area contributed by atoms with Crippen molar-refractivity contribution < 1.29 is 14.3 Å². The van der Waals surface area contributed by atoms with Gasteiger partial charge in [-0.15, -0.1) is 11.8 Å². The first-order valence-corrected chi connectivity index (χ1v) is 8.98. The van der Waals surface area contributed by atoms with Crippen LogP contribution < -0.4 is 10.1 Å². The van der Waals surface area contributed by atoms with Gasteiger partial charge >= 0.3 is 0 Å². The number of anilines is 1. The van der Waals surface area contributed by atoms with Crippen molar-refractivity contribution in [3.63, 3.8) is 0 Å². The maximum absolute atomic E-state index is 12.2. The Balaban J connectivity index is 1.74. The van der Waals surface area contributed by atoms with Crippen molar-refractivity contribution in [2.24, 2.45) is 0 Å². The van der Waals surface area contributed by atoms with Gasteiger partial charge in [-0.05, 0) is 35.2 Å². The number of fused-ring (bicyclic) bond motifs is 1. The predicted molar refractivity (Wildman–Crippen MR) is 102 cm³/mol. The Hall–Kier alpha value is -2.79. The Morgan fingerprint density at radius 1 is 1.08 bits per heavy atom. The molecule has 4 nitrogen and oxygen atoms in total. The molecule has 3 aromatic rings. The number of carbonyl (C=O) groups excluding carboxylic acids is 2. The molecule has 0 fully saturated rings. The van der Waals surface area contributed by atoms with E-state index in [1.165, 1.54) is 0 Å². The van der Waals surface area contributed by atoms with Crippen LogP contribution in [0.25, 0.3) is 10.8 Å². The number of aldehydes is 1. The fraction of sp³-hybridized carbons (Fsp3) is 0.100. The number of rotatable bonds is 6. The van der Waals surface area contributed by atoms with Crippen LogP contribution in [0, 0.1) is 0 Å². The van der Waals surface area contributed by atoms with Crippen molar-refractivity contribution >= 4 is 40.4 Å². The highest BCUT2D eigenvalue weighted by molar-refractivity contribution is 7.98. The summed E-state index contributed by atoms with van der Waals surface area (Å²) in [5.74, 6) is 0.133. The Bertz CT molecular complexity index is 924. The van der Waals surface area contributed by atoms with Crippen molar-refractivity contribution in [1.82, 2.24) is 0 Å². The van der Waals surface area contributed by atoms with Gasteiger partial charge in [0.2, 0.25) is 0 Å². The molecule has 0 aliphatic rings. The van der Waals surface area contributed by atoms with Gasteiger partial charge in [-0.1, -0.05) is 42.5 Å². The third-order valence-corrected chi connectivity index (χ3v) is 4.58. The molecule has 0 unspecified atom stereocenters. The van der Waals surface area contributed by atoms with E-state index >= 15 is 0 Å². The fourth-order valence-corrected chi connectivity index (χ4v) is 3.15. The van der Waals surface area contributed by atoms with Gasteiger partial charge in [0, 0.05) is 4.90 Å². The first kappa shape index (κ1) is 17.0. The van der Waals surface area contributed by atoms with Crippen LogP contribution in [0.4, 0.5) is 5.69 Å². The summed E-state index contributed by atoms with van der Waals surface area (Å²) in [4.78, 5) is 24.6. The summed E-state index contributed by atoms with van der Waals surface area (Å²) < 4.78 is 5.59. The number of hydrogen-bond donors (Lipinski definition) is 1. The minimum atomic E-state index is -0.272. The van der Waals surface area contributed by atoms with Crippen molar-refractivity contribution in [3.8, 4) is 5.75 Å². The van der Waals surface area contributed by atoms with E-state index in [4.69, 9.17) is 4.74 Å². The number of nitrogens with one attached hydrogen (secondary N) is 1. The van der Waals surface area contributed by atoms with Gasteiger partial charge in [0.1, 0.15) is 5.75 Å². The summed E-state index contributed by atoms with van der Waals surface area (Å²) in [5, 5.41) is 4.60. The predicted octanol–water partition coefficient (Wildman–Crippen LogP) is 4.39. The van der Waals surface area contributed by atoms with Crippen LogP contribution in [-0.4, -0.2) is 25.1 Å². The molecule has 0 atom stereocenters. The molecule has 1 N–H and O–H groups in total. The average Bonchev–Trinajstić information content (AvgIpc) is 2.66. The summed E-state index contributed by atoms with van der Waals surface area (Å²) in [6, 6.07) is 18.7. The van der Waals surface area contributed by atoms with Crippen LogP contribution in [0.2, 0.25) is 0 Å². The van der Waals surface area contributed by atoms with Gasteiger partial charge in [-0.25, -0.2) is 0 Å². The molecule has 3 aromatic carbocycles. The lowest BCUT2D eigenvalue weighted by Crippen LogP contribution is -2.20. The monoisotopic (exact) mass is 351 g/mol. The number of hydrogen-bond acceptors (Lipinski definition) is 4. The van der Waals surface area contributed by atoms with Gasteiger partial charge in [0.15, 0.2) is 12.9 Å². The van der Waals surface area contributed by atoms with Crippen molar-refractivity contribution in [2.45, 2.75) is 4.90 Å². The number of amides is 1. The second kappa shape index (κ2) is 7.85. The molecule has 0 spiro atoms. The van der Waals surface area contributed by atoms with Crippen molar-refractivity contribution in [2.75, 3.05) is 18.2 Å². The first-order chi connectivity index (χ1) is 12.2. The summed E-state index contributed by atoms with van der Waals surface area (Å²) >= 11 is 1.56. The van der Waals surface area contributed by atoms with E-state index in [-0.39, 0.29) is 12.5 Å². The van der Waals surface area contributed by atoms with Gasteiger partial charge < -0.3 is 10.1 Å². The van der Waals surface area contributed by atoms with E-state index < -0.39 is 0 Å². The molecule has 3 rings (SSSR count). The summed E-state index contributed by atoms with van der Waals surface area (Å²) in [5.41, 5.74) is 1.20. The van der Waals surface area contributed by atoms with E-state index in [0.29, 0.717) is 11.3 Å². The van der Waals surface area contributed by atoms with Crippen LogP contribution >= 0.6 is 11.8 Å². The second-order valence-electron chi connectivity index (χ2n) is 5.35. The molecule has 0 radical (unpaired) electrons. The Morgan fingerprint density at radius 3 is 2.64 bits per heavy atom. The standard InChI is InChI=1S/C20H17NO3S/c1-25-19-9-5-4-8-17(19)21-20(23)13-24-18-11-10-14-6-2-3-7-15(14)16(18)12-22/h2-12H,13H2,1H3,(H,21,23). The number of para-hydroxylation sites is 1. The maximum Gasteiger partial charge on any atom is 0.262 e. The molecule has 5 heteroatoms. The largest absolute Gasteiger partial charge is 0.483 e. The van der Waals surface area contributed by atoms with E-state index in [1.807, 2.05) is 60.9 Å². The van der Waals surface area contributed by atoms with Crippen LogP contribution in [0.15, 0.2) is 65.6 Å². The van der Waals surface area contributed by atoms with Crippen LogP contribution in [0.1, 0.15) is 10.4 Å². The zero-order chi connectivity index (χ0) is 17.6. The van der Waals surface area contributed by atoms with Crippen molar-refractivity contribution in [3.05, 3.63) is 66.2 Å². The zero-order valence-electron chi connectivity index (χ0n) is 13.7. The second-order valence-corrected chi connectivity index (χ2v) is 6.20. The number of benzene rings is 3. The van der Waals surface area contributed by atoms with E-state index in [2.05, 4.69) is 5.32 Å². The molecule has 0 aliphatic heterocycles. The molecule has 25 heavy (non-hydrogen) atoms. The topological polar surface area (TPSA) is 55.4 Å². The number of ether oxygens (including phenoxy) is 1. The van der Waals surface area contributed by atoms with Gasteiger partial charge in [0.05, 0.1) is 11.3 Å². The Morgan fingerprint density at radius 2 is 1.84 bits per heavy atom. The van der Waals surface area contributed by atoms with Gasteiger partial charge in [-0.3, -0.25) is 9.59 Å². The average molecular weight is 351 g/mol. The molecule has 126 valence electrons. The molecule has 1 amide bonds. The summed E-state index contributed by atoms with van der Waals surface area (Å²) in [7, 11) is 0. The molecule has 0 bridgehead atoms. The van der Waals surface area contributed by atoms with Crippen molar-refractivity contribution in [1.29, 1.82) is 0 Å². The molecule has 0 saturated heterocycles. The lowest BCUT2D eigenvalue weighted by molar-refractivity contribution is -0.118. The van der Waals surface area contributed by atoms with E-state index in [0.717, 1.165) is 27.6 Å². The minimum Gasteiger partial charge on any atom is -0.483 e. The highest BCUT2D eigenvalue weighted by Gasteiger charge is 2.11.